The smallest absolute Gasteiger partial charge is 0.269 e. The van der Waals surface area contributed by atoms with Gasteiger partial charge in [-0.3, -0.25) is 10.1 Å². The Morgan fingerprint density at radius 1 is 1.12 bits per heavy atom. The van der Waals surface area contributed by atoms with Crippen LogP contribution in [-0.2, 0) is 0 Å². The molecule has 0 fully saturated rings. The zero-order valence-corrected chi connectivity index (χ0v) is 13.5. The number of hydrogen-bond donors (Lipinski definition) is 1. The van der Waals surface area contributed by atoms with E-state index in [0.717, 1.165) is 16.8 Å². The van der Waals surface area contributed by atoms with Gasteiger partial charge in [-0.15, -0.1) is 0 Å². The molecule has 4 rings (SSSR count). The Kier molecular flexibility index (Phi) is 3.66. The number of benzene rings is 2. The van der Waals surface area contributed by atoms with Gasteiger partial charge in [0, 0.05) is 22.9 Å². The summed E-state index contributed by atoms with van der Waals surface area (Å²) in [6.45, 7) is 0. The molecule has 1 aromatic heterocycles. The SMILES string of the molecule is O=[N+]([O-])c1ccc(C2C=C(c3ccc(Cl)cc3)Nc3nnnn32)cc1. The Balaban J connectivity index is 1.76. The van der Waals surface area contributed by atoms with Crippen molar-refractivity contribution in [3.05, 3.63) is 80.9 Å². The van der Waals surface area contributed by atoms with Gasteiger partial charge in [-0.2, -0.15) is 4.68 Å². The molecule has 0 aliphatic carbocycles. The minimum Gasteiger partial charge on any atom is -0.323 e. The molecule has 8 nitrogen and oxygen atoms in total. The first-order valence-electron chi connectivity index (χ1n) is 7.39. The average Bonchev–Trinajstić information content (AvgIpc) is 3.10. The fourth-order valence-corrected chi connectivity index (χ4v) is 2.81. The molecule has 9 heteroatoms. The van der Waals surface area contributed by atoms with Crippen LogP contribution in [0.3, 0.4) is 0 Å². The van der Waals surface area contributed by atoms with E-state index < -0.39 is 4.92 Å². The van der Waals surface area contributed by atoms with Crippen LogP contribution in [0.2, 0.25) is 5.02 Å². The maximum atomic E-state index is 10.8. The van der Waals surface area contributed by atoms with Gasteiger partial charge in [0.05, 0.1) is 4.92 Å². The van der Waals surface area contributed by atoms with Crippen molar-refractivity contribution in [2.45, 2.75) is 6.04 Å². The molecule has 1 unspecified atom stereocenters. The van der Waals surface area contributed by atoms with Crippen LogP contribution in [0, 0.1) is 10.1 Å². The number of anilines is 1. The highest BCUT2D eigenvalue weighted by Gasteiger charge is 2.24. The number of aromatic nitrogens is 4. The predicted octanol–water partition coefficient (Wildman–Crippen LogP) is 3.29. The molecule has 3 aromatic rings. The number of nitro groups is 1. The van der Waals surface area contributed by atoms with E-state index in [1.807, 2.05) is 18.2 Å². The largest absolute Gasteiger partial charge is 0.323 e. The molecule has 0 saturated heterocycles. The molecule has 0 radical (unpaired) electrons. The Morgan fingerprint density at radius 3 is 2.52 bits per heavy atom. The van der Waals surface area contributed by atoms with Crippen molar-refractivity contribution in [1.82, 2.24) is 20.2 Å². The fourth-order valence-electron chi connectivity index (χ4n) is 2.68. The van der Waals surface area contributed by atoms with Crippen molar-refractivity contribution >= 4 is 28.9 Å². The van der Waals surface area contributed by atoms with Crippen LogP contribution < -0.4 is 5.32 Å². The summed E-state index contributed by atoms with van der Waals surface area (Å²) in [5, 5.41) is 26.4. The van der Waals surface area contributed by atoms with Gasteiger partial charge >= 0.3 is 0 Å². The van der Waals surface area contributed by atoms with Gasteiger partial charge in [-0.05, 0) is 51.9 Å². The molecular weight excluding hydrogens is 344 g/mol. The Labute approximate surface area is 146 Å². The first-order chi connectivity index (χ1) is 12.1. The second kappa shape index (κ2) is 5.99. The third-order valence-electron chi connectivity index (χ3n) is 3.93. The number of nitrogens with one attached hydrogen (secondary N) is 1. The second-order valence-corrected chi connectivity index (χ2v) is 5.89. The number of rotatable bonds is 3. The fraction of sp³-hybridized carbons (Fsp3) is 0.0625. The highest BCUT2D eigenvalue weighted by atomic mass is 35.5. The molecule has 124 valence electrons. The van der Waals surface area contributed by atoms with Crippen molar-refractivity contribution in [2.75, 3.05) is 5.32 Å². The summed E-state index contributed by atoms with van der Waals surface area (Å²) in [7, 11) is 0. The quantitative estimate of drug-likeness (QED) is 0.572. The summed E-state index contributed by atoms with van der Waals surface area (Å²) < 4.78 is 1.63. The van der Waals surface area contributed by atoms with Crippen molar-refractivity contribution in [1.29, 1.82) is 0 Å². The lowest BCUT2D eigenvalue weighted by molar-refractivity contribution is -0.384. The van der Waals surface area contributed by atoms with E-state index in [1.165, 1.54) is 12.1 Å². The number of nitro benzene ring substituents is 1. The monoisotopic (exact) mass is 354 g/mol. The first kappa shape index (κ1) is 15.3. The van der Waals surface area contributed by atoms with E-state index >= 15 is 0 Å². The number of non-ortho nitro benzene ring substituents is 1. The van der Waals surface area contributed by atoms with Crippen LogP contribution in [0.15, 0.2) is 54.6 Å². The summed E-state index contributed by atoms with van der Waals surface area (Å²) in [4.78, 5) is 10.4. The molecule has 2 heterocycles. The topological polar surface area (TPSA) is 98.8 Å². The standard InChI is InChI=1S/C16H11ClN6O2/c17-12-5-1-10(2-6-12)14-9-15(22-16(18-14)19-20-21-22)11-3-7-13(8-4-11)23(24)25/h1-9,15H,(H,18,19,21). The maximum absolute atomic E-state index is 10.8. The lowest BCUT2D eigenvalue weighted by Crippen LogP contribution is -2.20. The molecule has 1 atom stereocenters. The number of fused-ring (bicyclic) bond motifs is 1. The zero-order chi connectivity index (χ0) is 17.4. The molecule has 1 aliphatic rings. The van der Waals surface area contributed by atoms with Crippen LogP contribution in [0.5, 0.6) is 0 Å². The van der Waals surface area contributed by atoms with Gasteiger partial charge in [-0.1, -0.05) is 28.8 Å². The second-order valence-electron chi connectivity index (χ2n) is 5.45. The number of tetrazole rings is 1. The third kappa shape index (κ3) is 2.83. The summed E-state index contributed by atoms with van der Waals surface area (Å²) >= 11 is 5.95. The van der Waals surface area contributed by atoms with Gasteiger partial charge < -0.3 is 5.32 Å². The van der Waals surface area contributed by atoms with Crippen molar-refractivity contribution in [3.8, 4) is 0 Å². The molecule has 2 aromatic carbocycles. The molecule has 1 aliphatic heterocycles. The molecule has 25 heavy (non-hydrogen) atoms. The Morgan fingerprint density at radius 2 is 1.84 bits per heavy atom. The number of nitrogens with zero attached hydrogens (tertiary/aromatic N) is 5. The molecule has 0 bridgehead atoms. The van der Waals surface area contributed by atoms with E-state index in [1.54, 1.807) is 28.9 Å². The van der Waals surface area contributed by atoms with Gasteiger partial charge in [0.2, 0.25) is 5.95 Å². The third-order valence-corrected chi connectivity index (χ3v) is 4.18. The lowest BCUT2D eigenvalue weighted by atomic mass is 10.0. The van der Waals surface area contributed by atoms with E-state index in [4.69, 9.17) is 11.6 Å². The lowest BCUT2D eigenvalue weighted by Gasteiger charge is -2.23. The van der Waals surface area contributed by atoms with E-state index in [-0.39, 0.29) is 11.7 Å². The molecule has 0 amide bonds. The first-order valence-corrected chi connectivity index (χ1v) is 7.76. The van der Waals surface area contributed by atoms with Crippen LogP contribution in [0.4, 0.5) is 11.6 Å². The molecule has 0 saturated carbocycles. The number of halogens is 1. The van der Waals surface area contributed by atoms with Crippen LogP contribution in [0.1, 0.15) is 17.2 Å². The van der Waals surface area contributed by atoms with Crippen molar-refractivity contribution < 1.29 is 4.92 Å². The highest BCUT2D eigenvalue weighted by molar-refractivity contribution is 6.30. The maximum Gasteiger partial charge on any atom is 0.269 e. The Bertz CT molecular complexity index is 965. The summed E-state index contributed by atoms with van der Waals surface area (Å²) in [6.07, 6.45) is 1.97. The van der Waals surface area contributed by atoms with Gasteiger partial charge in [0.15, 0.2) is 0 Å². The molecule has 1 N–H and O–H groups in total. The summed E-state index contributed by atoms with van der Waals surface area (Å²) in [6, 6.07) is 13.5. The van der Waals surface area contributed by atoms with Gasteiger partial charge in [-0.25, -0.2) is 0 Å². The minimum absolute atomic E-state index is 0.0385. The van der Waals surface area contributed by atoms with E-state index in [0.29, 0.717) is 11.0 Å². The normalized spacial score (nSPS) is 15.9. The van der Waals surface area contributed by atoms with Crippen molar-refractivity contribution in [3.63, 3.8) is 0 Å². The van der Waals surface area contributed by atoms with Crippen LogP contribution in [-0.4, -0.2) is 25.1 Å². The Hall–Kier alpha value is -3.26. The molecule has 0 spiro atoms. The number of hydrogen-bond acceptors (Lipinski definition) is 6. The van der Waals surface area contributed by atoms with Crippen molar-refractivity contribution in [2.24, 2.45) is 0 Å². The highest BCUT2D eigenvalue weighted by Crippen LogP contribution is 2.32. The summed E-state index contributed by atoms with van der Waals surface area (Å²) in [5.74, 6) is 0.496. The van der Waals surface area contributed by atoms with E-state index in [2.05, 4.69) is 20.8 Å². The van der Waals surface area contributed by atoms with Crippen LogP contribution >= 0.6 is 11.6 Å². The van der Waals surface area contributed by atoms with Gasteiger partial charge in [0.25, 0.3) is 5.69 Å². The number of allylic oxidation sites excluding steroid dienone is 1. The minimum atomic E-state index is -0.427. The van der Waals surface area contributed by atoms with E-state index in [9.17, 15) is 10.1 Å². The van der Waals surface area contributed by atoms with Crippen LogP contribution in [0.25, 0.3) is 5.70 Å². The average molecular weight is 355 g/mol. The zero-order valence-electron chi connectivity index (χ0n) is 12.7. The predicted molar refractivity (Wildman–Crippen MR) is 92.1 cm³/mol. The van der Waals surface area contributed by atoms with Gasteiger partial charge in [0.1, 0.15) is 6.04 Å². The molecular formula is C16H11ClN6O2. The summed E-state index contributed by atoms with van der Waals surface area (Å²) in [5.41, 5.74) is 2.65.